The summed E-state index contributed by atoms with van der Waals surface area (Å²) < 4.78 is 25.4. The molecule has 0 spiro atoms. The Hall–Kier alpha value is -2.49. The van der Waals surface area contributed by atoms with Crippen molar-refractivity contribution in [3.05, 3.63) is 35.4 Å². The second-order valence-electron chi connectivity index (χ2n) is 7.74. The first-order valence-electron chi connectivity index (χ1n) is 9.89. The zero-order chi connectivity index (χ0) is 20.6. The van der Waals surface area contributed by atoms with Crippen molar-refractivity contribution < 1.29 is 13.2 Å². The summed E-state index contributed by atoms with van der Waals surface area (Å²) in [4.78, 5) is 25.4. The van der Waals surface area contributed by atoms with Crippen LogP contribution < -0.4 is 4.90 Å². The highest BCUT2D eigenvalue weighted by molar-refractivity contribution is 7.91. The highest BCUT2D eigenvalue weighted by Crippen LogP contribution is 2.27. The van der Waals surface area contributed by atoms with E-state index in [2.05, 4.69) is 20.0 Å². The number of nitrogens with zero attached hydrogens (tertiary/aromatic N) is 6. The summed E-state index contributed by atoms with van der Waals surface area (Å²) in [5.41, 5.74) is 2.61. The van der Waals surface area contributed by atoms with Crippen molar-refractivity contribution in [3.63, 3.8) is 0 Å². The van der Waals surface area contributed by atoms with Crippen molar-refractivity contribution in [1.29, 1.82) is 0 Å². The van der Waals surface area contributed by atoms with Gasteiger partial charge in [-0.25, -0.2) is 18.4 Å². The molecule has 2 aliphatic rings. The van der Waals surface area contributed by atoms with Gasteiger partial charge in [-0.1, -0.05) is 0 Å². The number of amides is 1. The van der Waals surface area contributed by atoms with E-state index in [0.717, 1.165) is 17.0 Å². The average molecular weight is 419 g/mol. The maximum absolute atomic E-state index is 12.9. The number of piperazine rings is 1. The molecule has 9 nitrogen and oxygen atoms in total. The smallest absolute Gasteiger partial charge is 0.227 e. The van der Waals surface area contributed by atoms with Crippen molar-refractivity contribution in [3.8, 4) is 0 Å². The molecule has 10 heteroatoms. The molecule has 4 heterocycles. The number of aromatic nitrogens is 4. The number of carbonyl (C=O) groups is 1. The lowest BCUT2D eigenvalue weighted by Gasteiger charge is -2.34. The van der Waals surface area contributed by atoms with Crippen LogP contribution in [0.15, 0.2) is 18.5 Å². The Morgan fingerprint density at radius 2 is 1.83 bits per heavy atom. The minimum absolute atomic E-state index is 0.0726. The predicted octanol–water partition coefficient (Wildman–Crippen LogP) is 0.541. The molecule has 2 fully saturated rings. The fourth-order valence-corrected chi connectivity index (χ4v) is 5.84. The molecule has 29 heavy (non-hydrogen) atoms. The number of hydrogen-bond donors (Lipinski definition) is 0. The maximum atomic E-state index is 12.9. The van der Waals surface area contributed by atoms with Gasteiger partial charge in [-0.15, -0.1) is 0 Å². The maximum Gasteiger partial charge on any atom is 0.227 e. The topological polar surface area (TPSA) is 101 Å². The molecular formula is C19H26N6O3S. The standard InChI is InChI=1S/C19H26N6O3S/c1-14-17(15(2)25(22-14)16-4-11-29(27,28)13-16)12-18(26)23-7-9-24(10-8-23)19-20-5-3-6-21-19/h3,5-6,16H,4,7-13H2,1-2H3. The van der Waals surface area contributed by atoms with Gasteiger partial charge < -0.3 is 9.80 Å². The summed E-state index contributed by atoms with van der Waals surface area (Å²) in [6, 6.07) is 1.66. The average Bonchev–Trinajstić information content (AvgIpc) is 3.22. The second-order valence-corrected chi connectivity index (χ2v) is 9.97. The summed E-state index contributed by atoms with van der Waals surface area (Å²) >= 11 is 0. The summed E-state index contributed by atoms with van der Waals surface area (Å²) in [7, 11) is -2.98. The van der Waals surface area contributed by atoms with Gasteiger partial charge in [0.15, 0.2) is 9.84 Å². The van der Waals surface area contributed by atoms with Gasteiger partial charge in [0.25, 0.3) is 0 Å². The van der Waals surface area contributed by atoms with Crippen molar-refractivity contribution >= 4 is 21.7 Å². The van der Waals surface area contributed by atoms with Crippen molar-refractivity contribution in [1.82, 2.24) is 24.6 Å². The third kappa shape index (κ3) is 4.12. The molecule has 0 aliphatic carbocycles. The van der Waals surface area contributed by atoms with Crippen LogP contribution in [-0.2, 0) is 21.1 Å². The Kier molecular flexibility index (Phi) is 5.28. The molecule has 2 aliphatic heterocycles. The molecule has 1 unspecified atom stereocenters. The van der Waals surface area contributed by atoms with Gasteiger partial charge in [-0.2, -0.15) is 5.10 Å². The van der Waals surface area contributed by atoms with E-state index >= 15 is 0 Å². The highest BCUT2D eigenvalue weighted by atomic mass is 32.2. The summed E-state index contributed by atoms with van der Waals surface area (Å²) in [6.07, 6.45) is 4.32. The molecule has 2 aromatic rings. The molecule has 2 aromatic heterocycles. The summed E-state index contributed by atoms with van der Waals surface area (Å²) in [5.74, 6) is 1.11. The zero-order valence-electron chi connectivity index (χ0n) is 16.8. The monoisotopic (exact) mass is 418 g/mol. The van der Waals surface area contributed by atoms with E-state index in [1.54, 1.807) is 18.5 Å². The van der Waals surface area contributed by atoms with E-state index < -0.39 is 9.84 Å². The molecule has 0 N–H and O–H groups in total. The van der Waals surface area contributed by atoms with Crippen LogP contribution >= 0.6 is 0 Å². The van der Waals surface area contributed by atoms with Gasteiger partial charge in [0.2, 0.25) is 11.9 Å². The van der Waals surface area contributed by atoms with E-state index in [9.17, 15) is 13.2 Å². The first-order valence-corrected chi connectivity index (χ1v) is 11.7. The summed E-state index contributed by atoms with van der Waals surface area (Å²) in [6.45, 7) is 6.48. The molecule has 0 radical (unpaired) electrons. The molecule has 1 amide bonds. The van der Waals surface area contributed by atoms with Crippen LogP contribution in [0.5, 0.6) is 0 Å². The first-order chi connectivity index (χ1) is 13.8. The molecule has 1 atom stereocenters. The lowest BCUT2D eigenvalue weighted by Crippen LogP contribution is -2.49. The van der Waals surface area contributed by atoms with Crippen molar-refractivity contribution in [2.24, 2.45) is 0 Å². The largest absolute Gasteiger partial charge is 0.339 e. The van der Waals surface area contributed by atoms with Crippen molar-refractivity contribution in [2.75, 3.05) is 42.6 Å². The van der Waals surface area contributed by atoms with Crippen LogP contribution in [0, 0.1) is 13.8 Å². The van der Waals surface area contributed by atoms with Crippen LogP contribution in [0.2, 0.25) is 0 Å². The van der Waals surface area contributed by atoms with E-state index in [1.807, 2.05) is 23.4 Å². The van der Waals surface area contributed by atoms with Gasteiger partial charge >= 0.3 is 0 Å². The molecule has 0 saturated carbocycles. The molecule has 156 valence electrons. The second kappa shape index (κ2) is 7.74. The quantitative estimate of drug-likeness (QED) is 0.714. The first kappa shape index (κ1) is 19.8. The molecule has 0 aromatic carbocycles. The van der Waals surface area contributed by atoms with Gasteiger partial charge in [-0.3, -0.25) is 9.48 Å². The Labute approximate surface area is 170 Å². The Morgan fingerprint density at radius 1 is 1.14 bits per heavy atom. The normalized spacial score (nSPS) is 21.5. The molecule has 0 bridgehead atoms. The number of aryl methyl sites for hydroxylation is 1. The van der Waals surface area contributed by atoms with Gasteiger partial charge in [0.1, 0.15) is 0 Å². The minimum Gasteiger partial charge on any atom is -0.339 e. The fourth-order valence-electron chi connectivity index (χ4n) is 4.15. The Bertz CT molecular complexity index is 996. The lowest BCUT2D eigenvalue weighted by molar-refractivity contribution is -0.130. The number of sulfone groups is 1. The van der Waals surface area contributed by atoms with Crippen LogP contribution in [0.3, 0.4) is 0 Å². The molecule has 4 rings (SSSR count). The van der Waals surface area contributed by atoms with E-state index in [1.165, 1.54) is 0 Å². The SMILES string of the molecule is Cc1nn(C2CCS(=O)(=O)C2)c(C)c1CC(=O)N1CCN(c2ncccn2)CC1. The summed E-state index contributed by atoms with van der Waals surface area (Å²) in [5, 5.41) is 4.56. The lowest BCUT2D eigenvalue weighted by atomic mass is 10.1. The Balaban J connectivity index is 1.40. The zero-order valence-corrected chi connectivity index (χ0v) is 17.6. The third-order valence-corrected chi connectivity index (χ3v) is 7.57. The van der Waals surface area contributed by atoms with E-state index in [0.29, 0.717) is 45.0 Å². The van der Waals surface area contributed by atoms with E-state index in [-0.39, 0.29) is 23.5 Å². The van der Waals surface area contributed by atoms with Crippen LogP contribution in [0.25, 0.3) is 0 Å². The van der Waals surface area contributed by atoms with Crippen LogP contribution in [0.1, 0.15) is 29.4 Å². The van der Waals surface area contributed by atoms with Crippen LogP contribution in [-0.4, -0.2) is 76.7 Å². The van der Waals surface area contributed by atoms with Crippen molar-refractivity contribution in [2.45, 2.75) is 32.7 Å². The van der Waals surface area contributed by atoms with Gasteiger partial charge in [0.05, 0.1) is 29.7 Å². The number of rotatable bonds is 4. The Morgan fingerprint density at radius 3 is 2.45 bits per heavy atom. The highest BCUT2D eigenvalue weighted by Gasteiger charge is 2.32. The fraction of sp³-hybridized carbons (Fsp3) is 0.579. The number of anilines is 1. The minimum atomic E-state index is -2.98. The third-order valence-electron chi connectivity index (χ3n) is 5.82. The van der Waals surface area contributed by atoms with Gasteiger partial charge in [0, 0.05) is 49.8 Å². The van der Waals surface area contributed by atoms with Crippen LogP contribution in [0.4, 0.5) is 5.95 Å². The molecular weight excluding hydrogens is 392 g/mol. The van der Waals surface area contributed by atoms with Gasteiger partial charge in [-0.05, 0) is 26.3 Å². The predicted molar refractivity (Wildman–Crippen MR) is 109 cm³/mol. The molecule has 2 saturated heterocycles. The number of hydrogen-bond acceptors (Lipinski definition) is 7. The number of carbonyl (C=O) groups excluding carboxylic acids is 1. The van der Waals surface area contributed by atoms with E-state index in [4.69, 9.17) is 0 Å².